The van der Waals surface area contributed by atoms with Crippen LogP contribution in [-0.4, -0.2) is 5.11 Å². The van der Waals surface area contributed by atoms with Crippen LogP contribution in [0.5, 0.6) is 0 Å². The van der Waals surface area contributed by atoms with E-state index in [-0.39, 0.29) is 0 Å². The summed E-state index contributed by atoms with van der Waals surface area (Å²) in [5.74, 6) is -1.82. The van der Waals surface area contributed by atoms with Crippen molar-refractivity contribution >= 4 is 11.3 Å². The Hall–Kier alpha value is -1.26. The van der Waals surface area contributed by atoms with Gasteiger partial charge in [0.1, 0.15) is 0 Å². The van der Waals surface area contributed by atoms with Gasteiger partial charge >= 0.3 is 0 Å². The van der Waals surface area contributed by atoms with Crippen LogP contribution in [0.15, 0.2) is 35.7 Å². The molecule has 0 saturated carbocycles. The Balaban J connectivity index is 2.14. The molecule has 1 aromatic carbocycles. The first-order chi connectivity index (χ1) is 7.66. The van der Waals surface area contributed by atoms with Crippen LogP contribution in [0.1, 0.15) is 16.5 Å². The zero-order chi connectivity index (χ0) is 11.5. The van der Waals surface area contributed by atoms with Crippen LogP contribution >= 0.6 is 11.3 Å². The monoisotopic (exact) mass is 240 g/mol. The second kappa shape index (κ2) is 4.72. The molecule has 0 radical (unpaired) electrons. The summed E-state index contributed by atoms with van der Waals surface area (Å²) in [6.45, 7) is 0. The summed E-state index contributed by atoms with van der Waals surface area (Å²) >= 11 is 1.53. The lowest BCUT2D eigenvalue weighted by molar-refractivity contribution is 0.179. The molecule has 0 aliphatic rings. The molecule has 16 heavy (non-hydrogen) atoms. The number of benzene rings is 1. The molecule has 1 aromatic heterocycles. The van der Waals surface area contributed by atoms with E-state index in [1.807, 2.05) is 17.5 Å². The Morgan fingerprint density at radius 3 is 2.62 bits per heavy atom. The number of hydrogen-bond donors (Lipinski definition) is 1. The van der Waals surface area contributed by atoms with E-state index in [1.54, 1.807) is 0 Å². The Morgan fingerprint density at radius 2 is 2.00 bits per heavy atom. The number of hydrogen-bond acceptors (Lipinski definition) is 2. The molecule has 0 spiro atoms. The summed E-state index contributed by atoms with van der Waals surface area (Å²) in [5, 5.41) is 11.7. The van der Waals surface area contributed by atoms with E-state index in [9.17, 15) is 13.9 Å². The normalized spacial score (nSPS) is 12.7. The molecule has 0 amide bonds. The van der Waals surface area contributed by atoms with E-state index in [0.29, 0.717) is 12.0 Å². The fourth-order valence-corrected chi connectivity index (χ4v) is 2.20. The van der Waals surface area contributed by atoms with Gasteiger partial charge in [0.25, 0.3) is 0 Å². The van der Waals surface area contributed by atoms with Gasteiger partial charge in [0.15, 0.2) is 11.6 Å². The third-order valence-corrected chi connectivity index (χ3v) is 3.20. The third kappa shape index (κ3) is 2.46. The van der Waals surface area contributed by atoms with E-state index in [0.717, 1.165) is 17.0 Å². The number of thiophene rings is 1. The molecule has 1 unspecified atom stereocenters. The van der Waals surface area contributed by atoms with Crippen molar-refractivity contribution in [3.63, 3.8) is 0 Å². The van der Waals surface area contributed by atoms with Gasteiger partial charge in [-0.2, -0.15) is 0 Å². The van der Waals surface area contributed by atoms with Crippen molar-refractivity contribution in [3.05, 3.63) is 57.8 Å². The summed E-state index contributed by atoms with van der Waals surface area (Å²) in [5.41, 5.74) is 0.396. The Morgan fingerprint density at radius 1 is 1.19 bits per heavy atom. The van der Waals surface area contributed by atoms with Crippen LogP contribution in [-0.2, 0) is 6.42 Å². The Labute approximate surface area is 96.0 Å². The fourth-order valence-electron chi connectivity index (χ4n) is 1.46. The molecule has 2 aromatic rings. The van der Waals surface area contributed by atoms with Crippen molar-refractivity contribution in [1.29, 1.82) is 0 Å². The predicted octanol–water partition coefficient (Wildman–Crippen LogP) is 3.30. The van der Waals surface area contributed by atoms with Crippen LogP contribution in [0.25, 0.3) is 0 Å². The number of aliphatic hydroxyl groups is 1. The topological polar surface area (TPSA) is 20.2 Å². The summed E-state index contributed by atoms with van der Waals surface area (Å²) in [4.78, 5) is 1.01. The first-order valence-electron chi connectivity index (χ1n) is 4.82. The maximum absolute atomic E-state index is 12.9. The second-order valence-corrected chi connectivity index (χ2v) is 4.51. The van der Waals surface area contributed by atoms with Gasteiger partial charge in [-0.15, -0.1) is 11.3 Å². The van der Waals surface area contributed by atoms with Gasteiger partial charge in [-0.1, -0.05) is 12.1 Å². The molecule has 4 heteroatoms. The predicted molar refractivity (Wildman–Crippen MR) is 59.3 cm³/mol. The molecule has 0 fully saturated rings. The average Bonchev–Trinajstić information content (AvgIpc) is 2.74. The Bertz CT molecular complexity index is 468. The highest BCUT2D eigenvalue weighted by molar-refractivity contribution is 7.09. The highest BCUT2D eigenvalue weighted by atomic mass is 32.1. The zero-order valence-corrected chi connectivity index (χ0v) is 9.18. The lowest BCUT2D eigenvalue weighted by atomic mass is 10.1. The standard InChI is InChI=1S/C12H10F2OS/c13-10-4-3-8(6-11(10)14)12(15)7-9-2-1-5-16-9/h1-6,12,15H,7H2. The van der Waals surface area contributed by atoms with Crippen LogP contribution < -0.4 is 0 Å². The second-order valence-electron chi connectivity index (χ2n) is 3.47. The van der Waals surface area contributed by atoms with Crippen molar-refractivity contribution in [2.45, 2.75) is 12.5 Å². The van der Waals surface area contributed by atoms with Crippen LogP contribution in [0.3, 0.4) is 0 Å². The SMILES string of the molecule is OC(Cc1cccs1)c1ccc(F)c(F)c1. The van der Waals surface area contributed by atoms with Gasteiger partial charge in [-0.3, -0.25) is 0 Å². The summed E-state index contributed by atoms with van der Waals surface area (Å²) < 4.78 is 25.6. The zero-order valence-electron chi connectivity index (χ0n) is 8.36. The van der Waals surface area contributed by atoms with E-state index >= 15 is 0 Å². The van der Waals surface area contributed by atoms with Crippen LogP contribution in [0.4, 0.5) is 8.78 Å². The first-order valence-corrected chi connectivity index (χ1v) is 5.70. The third-order valence-electron chi connectivity index (χ3n) is 2.30. The number of rotatable bonds is 3. The molecule has 1 nitrogen and oxygen atoms in total. The van der Waals surface area contributed by atoms with Gasteiger partial charge in [-0.25, -0.2) is 8.78 Å². The van der Waals surface area contributed by atoms with Gasteiger partial charge in [0.05, 0.1) is 6.10 Å². The summed E-state index contributed by atoms with van der Waals surface area (Å²) in [7, 11) is 0. The van der Waals surface area contributed by atoms with Crippen molar-refractivity contribution in [3.8, 4) is 0 Å². The lowest BCUT2D eigenvalue weighted by Gasteiger charge is -2.09. The van der Waals surface area contributed by atoms with E-state index in [1.165, 1.54) is 17.4 Å². The largest absolute Gasteiger partial charge is 0.388 e. The molecule has 0 bridgehead atoms. The minimum absolute atomic E-state index is 0.396. The molecule has 1 atom stereocenters. The van der Waals surface area contributed by atoms with Crippen molar-refractivity contribution in [1.82, 2.24) is 0 Å². The highest BCUT2D eigenvalue weighted by Gasteiger charge is 2.11. The fraction of sp³-hybridized carbons (Fsp3) is 0.167. The molecule has 0 aliphatic carbocycles. The number of aliphatic hydroxyl groups excluding tert-OH is 1. The van der Waals surface area contributed by atoms with Gasteiger partial charge in [0, 0.05) is 11.3 Å². The van der Waals surface area contributed by atoms with E-state index in [4.69, 9.17) is 0 Å². The molecule has 84 valence electrons. The first kappa shape index (κ1) is 11.2. The van der Waals surface area contributed by atoms with E-state index in [2.05, 4.69) is 0 Å². The van der Waals surface area contributed by atoms with Crippen LogP contribution in [0.2, 0.25) is 0 Å². The van der Waals surface area contributed by atoms with Crippen molar-refractivity contribution in [2.24, 2.45) is 0 Å². The van der Waals surface area contributed by atoms with Crippen molar-refractivity contribution < 1.29 is 13.9 Å². The quantitative estimate of drug-likeness (QED) is 0.872. The summed E-state index contributed by atoms with van der Waals surface area (Å²) in [6, 6.07) is 7.25. The molecular formula is C12H10F2OS. The molecule has 0 saturated heterocycles. The lowest BCUT2D eigenvalue weighted by Crippen LogP contribution is -2.01. The molecule has 1 heterocycles. The maximum atomic E-state index is 12.9. The molecule has 1 N–H and O–H groups in total. The van der Waals surface area contributed by atoms with Crippen molar-refractivity contribution in [2.75, 3.05) is 0 Å². The molecule has 0 aliphatic heterocycles. The van der Waals surface area contributed by atoms with Gasteiger partial charge < -0.3 is 5.11 Å². The minimum atomic E-state index is -0.928. The van der Waals surface area contributed by atoms with Gasteiger partial charge in [-0.05, 0) is 29.1 Å². The van der Waals surface area contributed by atoms with Crippen LogP contribution in [0, 0.1) is 11.6 Å². The maximum Gasteiger partial charge on any atom is 0.159 e. The average molecular weight is 240 g/mol. The minimum Gasteiger partial charge on any atom is -0.388 e. The molecular weight excluding hydrogens is 230 g/mol. The number of halogens is 2. The van der Waals surface area contributed by atoms with Gasteiger partial charge in [0.2, 0.25) is 0 Å². The molecule has 2 rings (SSSR count). The van der Waals surface area contributed by atoms with E-state index < -0.39 is 17.7 Å². The smallest absolute Gasteiger partial charge is 0.159 e. The highest BCUT2D eigenvalue weighted by Crippen LogP contribution is 2.22. The summed E-state index contributed by atoms with van der Waals surface area (Å²) in [6.07, 6.45) is -0.378. The Kier molecular flexibility index (Phi) is 3.31.